The van der Waals surface area contributed by atoms with Crippen LogP contribution in [0, 0.1) is 5.92 Å². The maximum atomic E-state index is 11.4. The Kier molecular flexibility index (Phi) is 6.70. The lowest BCUT2D eigenvalue weighted by Gasteiger charge is -2.11. The van der Waals surface area contributed by atoms with Crippen molar-refractivity contribution in [2.24, 2.45) is 5.92 Å². The molecule has 0 atom stereocenters. The summed E-state index contributed by atoms with van der Waals surface area (Å²) in [6.45, 7) is 4.95. The van der Waals surface area contributed by atoms with Crippen molar-refractivity contribution in [3.63, 3.8) is 0 Å². The van der Waals surface area contributed by atoms with Crippen molar-refractivity contribution in [2.75, 3.05) is 27.4 Å². The number of amides is 1. The maximum Gasteiger partial charge on any atom is 0.407 e. The third kappa shape index (κ3) is 5.38. The van der Waals surface area contributed by atoms with Crippen LogP contribution in [0.15, 0.2) is 18.2 Å². The van der Waals surface area contributed by atoms with Crippen LogP contribution in [0.4, 0.5) is 4.79 Å². The standard InChI is InChI=1S/C15H23NO4/c1-11(2)10-20-15(17)16-8-7-12-5-6-13(18-3)14(9-12)19-4/h5-6,9,11H,7-8,10H2,1-4H3,(H,16,17). The second-order valence-electron chi connectivity index (χ2n) is 4.86. The Balaban J connectivity index is 2.40. The summed E-state index contributed by atoms with van der Waals surface area (Å²) < 4.78 is 15.4. The Labute approximate surface area is 120 Å². The van der Waals surface area contributed by atoms with Crippen molar-refractivity contribution < 1.29 is 19.0 Å². The zero-order valence-corrected chi connectivity index (χ0v) is 12.6. The van der Waals surface area contributed by atoms with Gasteiger partial charge in [-0.3, -0.25) is 0 Å². The summed E-state index contributed by atoms with van der Waals surface area (Å²) in [6, 6.07) is 5.70. The molecule has 0 saturated carbocycles. The van der Waals surface area contributed by atoms with E-state index in [2.05, 4.69) is 5.32 Å². The summed E-state index contributed by atoms with van der Waals surface area (Å²) in [4.78, 5) is 11.4. The molecule has 0 unspecified atom stereocenters. The third-order valence-corrected chi connectivity index (χ3v) is 2.68. The van der Waals surface area contributed by atoms with Gasteiger partial charge in [-0.25, -0.2) is 4.79 Å². The highest BCUT2D eigenvalue weighted by molar-refractivity contribution is 5.67. The Morgan fingerprint density at radius 3 is 2.50 bits per heavy atom. The fraction of sp³-hybridized carbons (Fsp3) is 0.533. The first kappa shape index (κ1) is 16.1. The van der Waals surface area contributed by atoms with Gasteiger partial charge in [-0.05, 0) is 30.0 Å². The number of ether oxygens (including phenoxy) is 3. The van der Waals surface area contributed by atoms with Crippen LogP contribution >= 0.6 is 0 Å². The number of benzene rings is 1. The van der Waals surface area contributed by atoms with Gasteiger partial charge in [0.25, 0.3) is 0 Å². The monoisotopic (exact) mass is 281 g/mol. The summed E-state index contributed by atoms with van der Waals surface area (Å²) in [7, 11) is 3.20. The van der Waals surface area contributed by atoms with Gasteiger partial charge in [-0.1, -0.05) is 19.9 Å². The molecule has 0 bridgehead atoms. The number of carbonyl (C=O) groups is 1. The topological polar surface area (TPSA) is 56.8 Å². The quantitative estimate of drug-likeness (QED) is 0.834. The van der Waals surface area contributed by atoms with Crippen LogP contribution in [0.5, 0.6) is 11.5 Å². The molecule has 1 rings (SSSR count). The molecule has 0 fully saturated rings. The van der Waals surface area contributed by atoms with Gasteiger partial charge >= 0.3 is 6.09 Å². The van der Waals surface area contributed by atoms with E-state index in [1.807, 2.05) is 32.0 Å². The van der Waals surface area contributed by atoms with E-state index in [0.29, 0.717) is 37.0 Å². The number of alkyl carbamates (subject to hydrolysis) is 1. The largest absolute Gasteiger partial charge is 0.493 e. The van der Waals surface area contributed by atoms with Gasteiger partial charge in [0, 0.05) is 6.54 Å². The van der Waals surface area contributed by atoms with Crippen LogP contribution in [-0.4, -0.2) is 33.5 Å². The number of hydrogen-bond donors (Lipinski definition) is 1. The fourth-order valence-corrected chi connectivity index (χ4v) is 1.64. The molecule has 0 spiro atoms. The first-order valence-electron chi connectivity index (χ1n) is 6.68. The van der Waals surface area contributed by atoms with Crippen LogP contribution in [0.3, 0.4) is 0 Å². The molecule has 0 saturated heterocycles. The number of rotatable bonds is 7. The minimum Gasteiger partial charge on any atom is -0.493 e. The molecule has 0 aromatic heterocycles. The molecule has 0 heterocycles. The third-order valence-electron chi connectivity index (χ3n) is 2.68. The normalized spacial score (nSPS) is 10.2. The average molecular weight is 281 g/mol. The Morgan fingerprint density at radius 1 is 1.20 bits per heavy atom. The fourth-order valence-electron chi connectivity index (χ4n) is 1.64. The van der Waals surface area contributed by atoms with E-state index < -0.39 is 0 Å². The van der Waals surface area contributed by atoms with E-state index in [0.717, 1.165) is 5.56 Å². The molecule has 0 aliphatic rings. The van der Waals surface area contributed by atoms with Gasteiger partial charge in [-0.15, -0.1) is 0 Å². The molecule has 20 heavy (non-hydrogen) atoms. The molecular weight excluding hydrogens is 258 g/mol. The summed E-state index contributed by atoms with van der Waals surface area (Å²) in [5.74, 6) is 1.72. The Hall–Kier alpha value is -1.91. The van der Waals surface area contributed by atoms with Gasteiger partial charge in [0.1, 0.15) is 0 Å². The van der Waals surface area contributed by atoms with Crippen molar-refractivity contribution in [2.45, 2.75) is 20.3 Å². The molecule has 0 aliphatic heterocycles. The molecule has 5 heteroatoms. The summed E-state index contributed by atoms with van der Waals surface area (Å²) in [5.41, 5.74) is 1.06. The summed E-state index contributed by atoms with van der Waals surface area (Å²) in [6.07, 6.45) is 0.330. The zero-order chi connectivity index (χ0) is 15.0. The molecule has 5 nitrogen and oxygen atoms in total. The Morgan fingerprint density at radius 2 is 1.90 bits per heavy atom. The lowest BCUT2D eigenvalue weighted by Crippen LogP contribution is -2.27. The highest BCUT2D eigenvalue weighted by atomic mass is 16.5. The average Bonchev–Trinajstić information content (AvgIpc) is 2.44. The zero-order valence-electron chi connectivity index (χ0n) is 12.6. The molecule has 1 N–H and O–H groups in total. The molecule has 1 amide bonds. The number of hydrogen-bond acceptors (Lipinski definition) is 4. The highest BCUT2D eigenvalue weighted by Gasteiger charge is 2.06. The second-order valence-corrected chi connectivity index (χ2v) is 4.86. The van der Waals surface area contributed by atoms with Crippen molar-refractivity contribution in [3.8, 4) is 11.5 Å². The maximum absolute atomic E-state index is 11.4. The SMILES string of the molecule is COc1ccc(CCNC(=O)OCC(C)C)cc1OC. The van der Waals surface area contributed by atoms with Crippen molar-refractivity contribution in [1.29, 1.82) is 0 Å². The smallest absolute Gasteiger partial charge is 0.407 e. The second kappa shape index (κ2) is 8.30. The predicted octanol–water partition coefficient (Wildman–Crippen LogP) is 2.63. The molecule has 1 aromatic carbocycles. The van der Waals surface area contributed by atoms with Gasteiger partial charge in [0.15, 0.2) is 11.5 Å². The number of nitrogens with one attached hydrogen (secondary N) is 1. The lowest BCUT2D eigenvalue weighted by atomic mass is 10.1. The van der Waals surface area contributed by atoms with Crippen molar-refractivity contribution >= 4 is 6.09 Å². The first-order chi connectivity index (χ1) is 9.56. The van der Waals surface area contributed by atoms with Gasteiger partial charge in [-0.2, -0.15) is 0 Å². The van der Waals surface area contributed by atoms with E-state index in [1.165, 1.54) is 0 Å². The summed E-state index contributed by atoms with van der Waals surface area (Å²) in [5, 5.41) is 2.72. The van der Waals surface area contributed by atoms with Crippen LogP contribution in [0.1, 0.15) is 19.4 Å². The van der Waals surface area contributed by atoms with E-state index in [1.54, 1.807) is 14.2 Å². The molecule has 0 aliphatic carbocycles. The van der Waals surface area contributed by atoms with E-state index >= 15 is 0 Å². The molecule has 1 aromatic rings. The number of carbonyl (C=O) groups excluding carboxylic acids is 1. The van der Waals surface area contributed by atoms with Gasteiger partial charge < -0.3 is 19.5 Å². The highest BCUT2D eigenvalue weighted by Crippen LogP contribution is 2.27. The van der Waals surface area contributed by atoms with Crippen molar-refractivity contribution in [3.05, 3.63) is 23.8 Å². The van der Waals surface area contributed by atoms with Crippen LogP contribution in [0.2, 0.25) is 0 Å². The molecular formula is C15H23NO4. The van der Waals surface area contributed by atoms with Crippen LogP contribution < -0.4 is 14.8 Å². The van der Waals surface area contributed by atoms with Crippen molar-refractivity contribution in [1.82, 2.24) is 5.32 Å². The minimum absolute atomic E-state index is 0.339. The van der Waals surface area contributed by atoms with Gasteiger partial charge in [0.05, 0.1) is 20.8 Å². The Bertz CT molecular complexity index is 432. The lowest BCUT2D eigenvalue weighted by molar-refractivity contribution is 0.133. The van der Waals surface area contributed by atoms with Gasteiger partial charge in [0.2, 0.25) is 0 Å². The van der Waals surface area contributed by atoms with Crippen LogP contribution in [0.25, 0.3) is 0 Å². The predicted molar refractivity (Wildman–Crippen MR) is 77.4 cm³/mol. The van der Waals surface area contributed by atoms with Crippen LogP contribution in [-0.2, 0) is 11.2 Å². The van der Waals surface area contributed by atoms with E-state index in [4.69, 9.17) is 14.2 Å². The van der Waals surface area contributed by atoms with E-state index in [-0.39, 0.29) is 6.09 Å². The van der Waals surface area contributed by atoms with E-state index in [9.17, 15) is 4.79 Å². The minimum atomic E-state index is -0.376. The molecule has 112 valence electrons. The summed E-state index contributed by atoms with van der Waals surface area (Å²) >= 11 is 0. The molecule has 0 radical (unpaired) electrons. The first-order valence-corrected chi connectivity index (χ1v) is 6.68. The number of methoxy groups -OCH3 is 2.